The van der Waals surface area contributed by atoms with Crippen molar-refractivity contribution in [3.8, 4) is 0 Å². The smallest absolute Gasteiger partial charge is 0.305 e. The Morgan fingerprint density at radius 2 is 1.85 bits per heavy atom. The van der Waals surface area contributed by atoms with E-state index in [-0.39, 0.29) is 5.97 Å². The van der Waals surface area contributed by atoms with Crippen molar-refractivity contribution in [2.24, 2.45) is 0 Å². The molecule has 0 aromatic carbocycles. The van der Waals surface area contributed by atoms with E-state index in [1.54, 1.807) is 0 Å². The topological polar surface area (TPSA) is 26.3 Å². The fraction of sp³-hybridized carbons (Fsp3) is 0.727. The predicted molar refractivity (Wildman–Crippen MR) is 54.5 cm³/mol. The minimum absolute atomic E-state index is 0.0774. The molecule has 0 heterocycles. The quantitative estimate of drug-likeness (QED) is 0.345. The Morgan fingerprint density at radius 1 is 1.15 bits per heavy atom. The van der Waals surface area contributed by atoms with E-state index in [4.69, 9.17) is 4.74 Å². The molecule has 0 atom stereocenters. The lowest BCUT2D eigenvalue weighted by Crippen LogP contribution is -2.04. The van der Waals surface area contributed by atoms with E-state index in [2.05, 4.69) is 19.1 Å². The molecule has 76 valence electrons. The van der Waals surface area contributed by atoms with Crippen LogP contribution in [0.1, 0.15) is 46.0 Å². The van der Waals surface area contributed by atoms with Gasteiger partial charge in [-0.25, -0.2) is 0 Å². The van der Waals surface area contributed by atoms with Gasteiger partial charge in [0.05, 0.1) is 6.61 Å². The molecule has 0 aromatic heterocycles. The van der Waals surface area contributed by atoms with Crippen LogP contribution in [0, 0.1) is 0 Å². The van der Waals surface area contributed by atoms with Crippen molar-refractivity contribution in [2.45, 2.75) is 46.0 Å². The maximum atomic E-state index is 10.9. The number of rotatable bonds is 7. The molecule has 0 amide bonds. The number of ether oxygens (including phenoxy) is 1. The van der Waals surface area contributed by atoms with E-state index in [1.807, 2.05) is 6.92 Å². The average Bonchev–Trinajstić information content (AvgIpc) is 2.11. The third-order valence-corrected chi connectivity index (χ3v) is 1.62. The molecule has 0 bridgehead atoms. The Bertz CT molecular complexity index is 150. The van der Waals surface area contributed by atoms with E-state index >= 15 is 0 Å². The molecule has 0 aliphatic heterocycles. The lowest BCUT2D eigenvalue weighted by molar-refractivity contribution is -0.143. The van der Waals surface area contributed by atoms with Crippen LogP contribution in [0.15, 0.2) is 12.2 Å². The maximum absolute atomic E-state index is 10.9. The number of carbonyl (C=O) groups excluding carboxylic acids is 1. The monoisotopic (exact) mass is 184 g/mol. The molecule has 0 aromatic rings. The third-order valence-electron chi connectivity index (χ3n) is 1.62. The van der Waals surface area contributed by atoms with Crippen LogP contribution in [0.5, 0.6) is 0 Å². The zero-order valence-electron chi connectivity index (χ0n) is 8.71. The van der Waals surface area contributed by atoms with Gasteiger partial charge in [-0.3, -0.25) is 4.79 Å². The van der Waals surface area contributed by atoms with Crippen molar-refractivity contribution in [1.29, 1.82) is 0 Å². The predicted octanol–water partition coefficient (Wildman–Crippen LogP) is 3.08. The van der Waals surface area contributed by atoms with Gasteiger partial charge in [0.15, 0.2) is 0 Å². The second-order valence-corrected chi connectivity index (χ2v) is 3.02. The van der Waals surface area contributed by atoms with Crippen molar-refractivity contribution in [1.82, 2.24) is 0 Å². The first-order valence-corrected chi connectivity index (χ1v) is 5.11. The zero-order valence-corrected chi connectivity index (χ0v) is 8.71. The number of hydrogen-bond donors (Lipinski definition) is 0. The van der Waals surface area contributed by atoms with Crippen LogP contribution in [0.25, 0.3) is 0 Å². The van der Waals surface area contributed by atoms with Gasteiger partial charge in [-0.1, -0.05) is 32.4 Å². The normalized spacial score (nSPS) is 10.6. The van der Waals surface area contributed by atoms with Crippen molar-refractivity contribution in [3.63, 3.8) is 0 Å². The van der Waals surface area contributed by atoms with Crippen LogP contribution < -0.4 is 0 Å². The largest absolute Gasteiger partial charge is 0.465 e. The van der Waals surface area contributed by atoms with Gasteiger partial charge >= 0.3 is 5.97 Å². The summed E-state index contributed by atoms with van der Waals surface area (Å²) in [6.07, 6.45) is 8.74. The van der Waals surface area contributed by atoms with Crippen molar-refractivity contribution in [3.05, 3.63) is 12.2 Å². The van der Waals surface area contributed by atoms with Crippen molar-refractivity contribution in [2.75, 3.05) is 6.61 Å². The Kier molecular flexibility index (Phi) is 8.73. The van der Waals surface area contributed by atoms with Crippen LogP contribution in [0.2, 0.25) is 0 Å². The molecule has 0 rings (SSSR count). The molecule has 0 spiro atoms. The van der Waals surface area contributed by atoms with E-state index in [0.29, 0.717) is 13.0 Å². The third kappa shape index (κ3) is 9.12. The van der Waals surface area contributed by atoms with Gasteiger partial charge in [-0.15, -0.1) is 0 Å². The van der Waals surface area contributed by atoms with Crippen LogP contribution in [0.3, 0.4) is 0 Å². The molecule has 0 saturated carbocycles. The molecular formula is C11H20O2. The molecule has 2 nitrogen and oxygen atoms in total. The Morgan fingerprint density at radius 3 is 2.46 bits per heavy atom. The summed E-state index contributed by atoms with van der Waals surface area (Å²) in [6, 6.07) is 0. The van der Waals surface area contributed by atoms with Crippen LogP contribution >= 0.6 is 0 Å². The second-order valence-electron chi connectivity index (χ2n) is 3.02. The molecule has 0 fully saturated rings. The van der Waals surface area contributed by atoms with Gasteiger partial charge in [-0.2, -0.15) is 0 Å². The Hall–Kier alpha value is -0.790. The SMILES string of the molecule is CCC/C=C\CCOC(=O)CCC. The summed E-state index contributed by atoms with van der Waals surface area (Å²) in [5.41, 5.74) is 0. The zero-order chi connectivity index (χ0) is 9.94. The minimum Gasteiger partial charge on any atom is -0.465 e. The van der Waals surface area contributed by atoms with Gasteiger partial charge < -0.3 is 4.74 Å². The first-order valence-electron chi connectivity index (χ1n) is 5.11. The van der Waals surface area contributed by atoms with Crippen molar-refractivity contribution >= 4 is 5.97 Å². The van der Waals surface area contributed by atoms with Gasteiger partial charge in [0.2, 0.25) is 0 Å². The lowest BCUT2D eigenvalue weighted by atomic mass is 10.3. The summed E-state index contributed by atoms with van der Waals surface area (Å²) < 4.78 is 4.97. The van der Waals surface area contributed by atoms with Gasteiger partial charge in [-0.05, 0) is 19.3 Å². The first-order chi connectivity index (χ1) is 6.31. The summed E-state index contributed by atoms with van der Waals surface area (Å²) in [4.78, 5) is 10.9. The van der Waals surface area contributed by atoms with Gasteiger partial charge in [0.1, 0.15) is 0 Å². The van der Waals surface area contributed by atoms with Crippen molar-refractivity contribution < 1.29 is 9.53 Å². The first kappa shape index (κ1) is 12.2. The summed E-state index contributed by atoms with van der Waals surface area (Å²) in [6.45, 7) is 4.65. The summed E-state index contributed by atoms with van der Waals surface area (Å²) in [5.74, 6) is -0.0774. The fourth-order valence-electron chi connectivity index (χ4n) is 0.919. The van der Waals surface area contributed by atoms with E-state index < -0.39 is 0 Å². The molecule has 0 radical (unpaired) electrons. The van der Waals surface area contributed by atoms with E-state index in [9.17, 15) is 4.79 Å². The highest BCUT2D eigenvalue weighted by Crippen LogP contribution is 1.95. The summed E-state index contributed by atoms with van der Waals surface area (Å²) in [5, 5.41) is 0. The highest BCUT2D eigenvalue weighted by Gasteiger charge is 1.97. The Labute approximate surface area is 81.0 Å². The number of hydrogen-bond acceptors (Lipinski definition) is 2. The molecule has 0 aliphatic carbocycles. The molecule has 0 aliphatic rings. The lowest BCUT2D eigenvalue weighted by Gasteiger charge is -2.00. The molecule has 0 saturated heterocycles. The molecular weight excluding hydrogens is 164 g/mol. The van der Waals surface area contributed by atoms with Crippen LogP contribution in [-0.4, -0.2) is 12.6 Å². The van der Waals surface area contributed by atoms with E-state index in [1.165, 1.54) is 6.42 Å². The molecule has 13 heavy (non-hydrogen) atoms. The standard InChI is InChI=1S/C11H20O2/c1-3-5-6-7-8-10-13-11(12)9-4-2/h6-7H,3-5,8-10H2,1-2H3/b7-6-. The average molecular weight is 184 g/mol. The maximum Gasteiger partial charge on any atom is 0.305 e. The molecule has 0 N–H and O–H groups in total. The minimum atomic E-state index is -0.0774. The molecule has 2 heteroatoms. The fourth-order valence-corrected chi connectivity index (χ4v) is 0.919. The van der Waals surface area contributed by atoms with Gasteiger partial charge in [0.25, 0.3) is 0 Å². The molecule has 0 unspecified atom stereocenters. The number of unbranched alkanes of at least 4 members (excludes halogenated alkanes) is 1. The Balaban J connectivity index is 3.20. The van der Waals surface area contributed by atoms with Crippen LogP contribution in [0.4, 0.5) is 0 Å². The second kappa shape index (κ2) is 9.30. The summed E-state index contributed by atoms with van der Waals surface area (Å²) >= 11 is 0. The highest BCUT2D eigenvalue weighted by molar-refractivity contribution is 5.69. The van der Waals surface area contributed by atoms with E-state index in [0.717, 1.165) is 19.3 Å². The summed E-state index contributed by atoms with van der Waals surface area (Å²) in [7, 11) is 0. The highest BCUT2D eigenvalue weighted by atomic mass is 16.5. The van der Waals surface area contributed by atoms with Crippen LogP contribution in [-0.2, 0) is 9.53 Å². The number of allylic oxidation sites excluding steroid dienone is 1. The van der Waals surface area contributed by atoms with Gasteiger partial charge in [0, 0.05) is 6.42 Å². The number of carbonyl (C=O) groups is 1. The number of esters is 1.